The van der Waals surface area contributed by atoms with Crippen molar-refractivity contribution < 1.29 is 27.8 Å². The summed E-state index contributed by atoms with van der Waals surface area (Å²) in [5.41, 5.74) is 0.795. The first-order chi connectivity index (χ1) is 12.9. The van der Waals surface area contributed by atoms with Gasteiger partial charge in [-0.1, -0.05) is 17.8 Å². The van der Waals surface area contributed by atoms with Crippen molar-refractivity contribution in [2.45, 2.75) is 30.6 Å². The molecule has 5 nitrogen and oxygen atoms in total. The van der Waals surface area contributed by atoms with E-state index in [4.69, 9.17) is 9.47 Å². The number of esters is 1. The molecule has 0 fully saturated rings. The van der Waals surface area contributed by atoms with Crippen molar-refractivity contribution in [3.8, 4) is 5.75 Å². The van der Waals surface area contributed by atoms with E-state index in [0.717, 1.165) is 0 Å². The molecule has 27 heavy (non-hydrogen) atoms. The number of benzene rings is 2. The van der Waals surface area contributed by atoms with Gasteiger partial charge in [0, 0.05) is 10.6 Å². The second kappa shape index (κ2) is 9.91. The van der Waals surface area contributed by atoms with Gasteiger partial charge in [0.25, 0.3) is 11.7 Å². The average Bonchev–Trinajstić information content (AvgIpc) is 2.63. The summed E-state index contributed by atoms with van der Waals surface area (Å²) < 4.78 is 35.1. The van der Waals surface area contributed by atoms with Gasteiger partial charge in [-0.25, -0.2) is 4.79 Å². The lowest BCUT2D eigenvalue weighted by Gasteiger charge is -2.15. The summed E-state index contributed by atoms with van der Waals surface area (Å²) in [6.07, 6.45) is -0.836. The number of halogens is 2. The molecule has 0 heterocycles. The molecule has 0 saturated carbocycles. The molecule has 1 amide bonds. The molecular weight excluding hydrogens is 376 g/mol. The predicted molar refractivity (Wildman–Crippen MR) is 99.4 cm³/mol. The molecule has 0 spiro atoms. The first-order valence-corrected chi connectivity index (χ1v) is 9.06. The van der Waals surface area contributed by atoms with E-state index in [1.165, 1.54) is 30.3 Å². The first kappa shape index (κ1) is 20.7. The van der Waals surface area contributed by atoms with E-state index in [1.54, 1.807) is 32.0 Å². The lowest BCUT2D eigenvalue weighted by atomic mass is 10.2. The van der Waals surface area contributed by atoms with Crippen molar-refractivity contribution in [2.75, 3.05) is 11.9 Å². The number of alkyl halides is 2. The Morgan fingerprint density at radius 3 is 2.48 bits per heavy atom. The lowest BCUT2D eigenvalue weighted by molar-refractivity contribution is -0.122. The fraction of sp³-hybridized carbons (Fsp3) is 0.263. The smallest absolute Gasteiger partial charge is 0.338 e. The summed E-state index contributed by atoms with van der Waals surface area (Å²) in [5.74, 6) is -3.02. The molecule has 0 radical (unpaired) electrons. The van der Waals surface area contributed by atoms with Gasteiger partial charge in [-0.3, -0.25) is 4.79 Å². The highest BCUT2D eigenvalue weighted by molar-refractivity contribution is 7.99. The second-order valence-electron chi connectivity index (χ2n) is 5.40. The minimum absolute atomic E-state index is 0.261. The number of ether oxygens (including phenoxy) is 2. The molecule has 2 aromatic carbocycles. The number of rotatable bonds is 8. The van der Waals surface area contributed by atoms with E-state index >= 15 is 0 Å². The van der Waals surface area contributed by atoms with E-state index in [2.05, 4.69) is 5.32 Å². The standard InChI is InChI=1S/C19H19F2NO4S/c1-3-25-18(24)13-5-4-6-15(11-13)26-12(2)17(23)22-14-7-9-16(10-8-14)27-19(20)21/h4-12,19H,3H2,1-2H3,(H,22,23)/t12-/m0/s1. The summed E-state index contributed by atoms with van der Waals surface area (Å²) in [6.45, 7) is 3.54. The van der Waals surface area contributed by atoms with Crippen molar-refractivity contribution in [3.63, 3.8) is 0 Å². The van der Waals surface area contributed by atoms with Crippen LogP contribution in [0, 0.1) is 0 Å². The average molecular weight is 395 g/mol. The largest absolute Gasteiger partial charge is 0.481 e. The lowest BCUT2D eigenvalue weighted by Crippen LogP contribution is -2.30. The van der Waals surface area contributed by atoms with Crippen molar-refractivity contribution >= 4 is 29.3 Å². The molecule has 1 N–H and O–H groups in total. The van der Waals surface area contributed by atoms with Crippen molar-refractivity contribution in [1.29, 1.82) is 0 Å². The predicted octanol–water partition coefficient (Wildman–Crippen LogP) is 4.58. The molecule has 8 heteroatoms. The van der Waals surface area contributed by atoms with E-state index in [-0.39, 0.29) is 6.61 Å². The Bertz CT molecular complexity index is 784. The Labute approximate surface area is 160 Å². The fourth-order valence-corrected chi connectivity index (χ4v) is 2.63. The van der Waals surface area contributed by atoms with Gasteiger partial charge in [-0.2, -0.15) is 8.78 Å². The molecule has 0 bridgehead atoms. The maximum Gasteiger partial charge on any atom is 0.338 e. The molecule has 0 saturated heterocycles. The van der Waals surface area contributed by atoms with Gasteiger partial charge in [0.15, 0.2) is 6.10 Å². The van der Waals surface area contributed by atoms with Gasteiger partial charge in [-0.15, -0.1) is 0 Å². The molecule has 0 aliphatic heterocycles. The molecule has 1 atom stereocenters. The molecule has 2 rings (SSSR count). The zero-order valence-electron chi connectivity index (χ0n) is 14.8. The van der Waals surface area contributed by atoms with Crippen LogP contribution >= 0.6 is 11.8 Å². The Morgan fingerprint density at radius 2 is 1.85 bits per heavy atom. The topological polar surface area (TPSA) is 64.6 Å². The molecular formula is C19H19F2NO4S. The quantitative estimate of drug-likeness (QED) is 0.523. The van der Waals surface area contributed by atoms with Crippen LogP contribution in [0.25, 0.3) is 0 Å². The number of carbonyl (C=O) groups is 2. The van der Waals surface area contributed by atoms with E-state index in [1.807, 2.05) is 0 Å². The van der Waals surface area contributed by atoms with E-state index in [9.17, 15) is 18.4 Å². The third-order valence-corrected chi connectivity index (χ3v) is 4.10. The number of hydrogen-bond donors (Lipinski definition) is 1. The van der Waals surface area contributed by atoms with Gasteiger partial charge < -0.3 is 14.8 Å². The molecule has 0 unspecified atom stereocenters. The number of thioether (sulfide) groups is 1. The molecule has 144 valence electrons. The van der Waals surface area contributed by atoms with Crippen LogP contribution < -0.4 is 10.1 Å². The Balaban J connectivity index is 1.95. The van der Waals surface area contributed by atoms with Crippen LogP contribution in [-0.4, -0.2) is 30.3 Å². The minimum atomic E-state index is -2.50. The van der Waals surface area contributed by atoms with Crippen LogP contribution in [0.5, 0.6) is 5.75 Å². The fourth-order valence-electron chi connectivity index (χ4n) is 2.13. The van der Waals surface area contributed by atoms with Crippen LogP contribution in [0.2, 0.25) is 0 Å². The molecule has 0 aromatic heterocycles. The highest BCUT2D eigenvalue weighted by Gasteiger charge is 2.16. The third kappa shape index (κ3) is 6.56. The van der Waals surface area contributed by atoms with Crippen LogP contribution in [0.4, 0.5) is 14.5 Å². The van der Waals surface area contributed by atoms with Crippen LogP contribution in [0.15, 0.2) is 53.4 Å². The van der Waals surface area contributed by atoms with Crippen molar-refractivity contribution in [1.82, 2.24) is 0 Å². The highest BCUT2D eigenvalue weighted by Crippen LogP contribution is 2.26. The summed E-state index contributed by atoms with van der Waals surface area (Å²) in [7, 11) is 0. The summed E-state index contributed by atoms with van der Waals surface area (Å²) in [5, 5.41) is 2.65. The van der Waals surface area contributed by atoms with Gasteiger partial charge >= 0.3 is 5.97 Å². The maximum atomic E-state index is 12.3. The Kier molecular flexibility index (Phi) is 7.60. The van der Waals surface area contributed by atoms with Crippen LogP contribution in [0.3, 0.4) is 0 Å². The van der Waals surface area contributed by atoms with E-state index in [0.29, 0.717) is 33.7 Å². The van der Waals surface area contributed by atoms with Gasteiger partial charge in [-0.05, 0) is 56.3 Å². The van der Waals surface area contributed by atoms with Gasteiger partial charge in [0.05, 0.1) is 12.2 Å². The van der Waals surface area contributed by atoms with Crippen molar-refractivity contribution in [2.24, 2.45) is 0 Å². The summed E-state index contributed by atoms with van der Waals surface area (Å²) in [6, 6.07) is 12.4. The molecule has 0 aliphatic carbocycles. The first-order valence-electron chi connectivity index (χ1n) is 8.18. The normalized spacial score (nSPS) is 11.7. The molecule has 0 aliphatic rings. The van der Waals surface area contributed by atoms with Crippen LogP contribution in [0.1, 0.15) is 24.2 Å². The third-order valence-electron chi connectivity index (χ3n) is 3.37. The summed E-state index contributed by atoms with van der Waals surface area (Å²) in [4.78, 5) is 24.4. The van der Waals surface area contributed by atoms with Gasteiger partial charge in [0.2, 0.25) is 0 Å². The van der Waals surface area contributed by atoms with Crippen LogP contribution in [-0.2, 0) is 9.53 Å². The van der Waals surface area contributed by atoms with E-state index < -0.39 is 23.7 Å². The highest BCUT2D eigenvalue weighted by atomic mass is 32.2. The Morgan fingerprint density at radius 1 is 1.15 bits per heavy atom. The zero-order valence-corrected chi connectivity index (χ0v) is 15.6. The zero-order chi connectivity index (χ0) is 19.8. The SMILES string of the molecule is CCOC(=O)c1cccc(O[C@@H](C)C(=O)Nc2ccc(SC(F)F)cc2)c1. The number of carbonyl (C=O) groups excluding carboxylic acids is 2. The minimum Gasteiger partial charge on any atom is -0.481 e. The van der Waals surface area contributed by atoms with Crippen molar-refractivity contribution in [3.05, 3.63) is 54.1 Å². The summed E-state index contributed by atoms with van der Waals surface area (Å²) >= 11 is 0.433. The number of amides is 1. The number of hydrogen-bond acceptors (Lipinski definition) is 5. The Hall–Kier alpha value is -2.61. The number of nitrogens with one attached hydrogen (secondary N) is 1. The monoisotopic (exact) mass is 395 g/mol. The second-order valence-corrected chi connectivity index (χ2v) is 6.46. The molecule has 2 aromatic rings. The maximum absolute atomic E-state index is 12.3. The number of anilines is 1. The van der Waals surface area contributed by atoms with Gasteiger partial charge in [0.1, 0.15) is 5.75 Å².